The molecule has 8 nitrogen and oxygen atoms in total. The van der Waals surface area contributed by atoms with Crippen LogP contribution in [0.5, 0.6) is 0 Å². The lowest BCUT2D eigenvalue weighted by molar-refractivity contribution is -0.116. The van der Waals surface area contributed by atoms with Crippen LogP contribution in [0, 0.1) is 17.8 Å². The average molecular weight is 468 g/mol. The van der Waals surface area contributed by atoms with E-state index < -0.39 is 5.91 Å². The van der Waals surface area contributed by atoms with Crippen LogP contribution in [0.4, 0.5) is 16.2 Å². The quantitative estimate of drug-likeness (QED) is 0.492. The minimum atomic E-state index is -0.524. The summed E-state index contributed by atoms with van der Waals surface area (Å²) in [5.41, 5.74) is 7.29. The van der Waals surface area contributed by atoms with Crippen molar-refractivity contribution in [3.8, 4) is 0 Å². The van der Waals surface area contributed by atoms with Crippen LogP contribution in [-0.4, -0.2) is 43.0 Å². The van der Waals surface area contributed by atoms with Gasteiger partial charge in [0.1, 0.15) is 0 Å². The molecule has 0 atom stereocenters. The van der Waals surface area contributed by atoms with Crippen LogP contribution in [0.3, 0.4) is 0 Å². The molecule has 5 aliphatic rings. The number of nitrogens with one attached hydrogen (secondary N) is 3. The normalized spacial score (nSPS) is 29.5. The molecular formula is C26H37N5O3. The largest absolute Gasteiger partial charge is 0.370 e. The number of rotatable bonds is 7. The minimum absolute atomic E-state index is 0.0420. The van der Waals surface area contributed by atoms with Crippen molar-refractivity contribution in [2.24, 2.45) is 23.5 Å². The van der Waals surface area contributed by atoms with Crippen LogP contribution in [-0.2, 0) is 4.79 Å². The van der Waals surface area contributed by atoms with Gasteiger partial charge in [0.25, 0.3) is 0 Å². The molecule has 4 saturated carbocycles. The number of piperidine rings is 1. The van der Waals surface area contributed by atoms with E-state index in [9.17, 15) is 14.4 Å². The van der Waals surface area contributed by atoms with E-state index in [0.717, 1.165) is 68.6 Å². The summed E-state index contributed by atoms with van der Waals surface area (Å²) < 4.78 is 0. The number of carbonyl (C=O) groups is 3. The summed E-state index contributed by atoms with van der Waals surface area (Å²) in [6.07, 6.45) is 10.9. The van der Waals surface area contributed by atoms with Crippen molar-refractivity contribution in [2.75, 3.05) is 29.9 Å². The van der Waals surface area contributed by atoms with Gasteiger partial charge in [-0.2, -0.15) is 0 Å². The third kappa shape index (κ3) is 5.00. The molecule has 4 aliphatic carbocycles. The van der Waals surface area contributed by atoms with E-state index in [2.05, 4.69) is 20.9 Å². The predicted molar refractivity (Wildman–Crippen MR) is 132 cm³/mol. The molecule has 1 aromatic carbocycles. The molecule has 1 heterocycles. The van der Waals surface area contributed by atoms with Gasteiger partial charge in [-0.05, 0) is 93.7 Å². The zero-order valence-corrected chi connectivity index (χ0v) is 19.9. The van der Waals surface area contributed by atoms with E-state index in [0.29, 0.717) is 11.3 Å². The van der Waals surface area contributed by atoms with Gasteiger partial charge >= 0.3 is 6.03 Å². The van der Waals surface area contributed by atoms with Gasteiger partial charge in [-0.15, -0.1) is 0 Å². The molecule has 4 bridgehead atoms. The number of nitrogens with two attached hydrogens (primary N) is 1. The van der Waals surface area contributed by atoms with Crippen LogP contribution in [0.15, 0.2) is 18.2 Å². The standard InChI is InChI=1S/C26H37N5O3/c27-24(33)20-4-5-22(31-8-2-1-3-9-31)21(13-20)29-23(32)6-7-28-25(34)30-26-14-17-10-18(15-26)12-19(11-17)16-26/h4-5,13,17-19H,1-3,6-12,14-16H2,(H2,27,33)(H,29,32)(H2,28,30,34). The fourth-order valence-electron chi connectivity index (χ4n) is 7.25. The van der Waals surface area contributed by atoms with E-state index in [1.807, 2.05) is 6.07 Å². The second-order valence-corrected chi connectivity index (χ2v) is 11.0. The number of amides is 4. The molecule has 1 aromatic rings. The number of urea groups is 1. The maximum atomic E-state index is 12.7. The summed E-state index contributed by atoms with van der Waals surface area (Å²) in [6, 6.07) is 5.05. The highest BCUT2D eigenvalue weighted by Crippen LogP contribution is 2.55. The summed E-state index contributed by atoms with van der Waals surface area (Å²) >= 11 is 0. The monoisotopic (exact) mass is 467 g/mol. The van der Waals surface area contributed by atoms with E-state index in [-0.39, 0.29) is 30.4 Å². The maximum Gasteiger partial charge on any atom is 0.315 e. The summed E-state index contributed by atoms with van der Waals surface area (Å²) in [7, 11) is 0. The van der Waals surface area contributed by atoms with E-state index in [1.165, 1.54) is 25.7 Å². The lowest BCUT2D eigenvalue weighted by Crippen LogP contribution is -2.61. The molecule has 5 N–H and O–H groups in total. The van der Waals surface area contributed by atoms with Gasteiger partial charge in [0.05, 0.1) is 11.4 Å². The first-order chi connectivity index (χ1) is 16.4. The Bertz CT molecular complexity index is 920. The van der Waals surface area contributed by atoms with Gasteiger partial charge in [-0.1, -0.05) is 0 Å². The summed E-state index contributed by atoms with van der Waals surface area (Å²) in [6.45, 7) is 2.11. The van der Waals surface area contributed by atoms with Crippen molar-refractivity contribution in [3.05, 3.63) is 23.8 Å². The molecule has 0 radical (unpaired) electrons. The second-order valence-electron chi connectivity index (χ2n) is 11.0. The van der Waals surface area contributed by atoms with Crippen molar-refractivity contribution >= 4 is 29.2 Å². The second kappa shape index (κ2) is 9.47. The number of benzene rings is 1. The fourth-order valence-corrected chi connectivity index (χ4v) is 7.25. The van der Waals surface area contributed by atoms with Crippen molar-refractivity contribution < 1.29 is 14.4 Å². The third-order valence-electron chi connectivity index (χ3n) is 8.31. The Balaban J connectivity index is 1.14. The molecule has 6 rings (SSSR count). The summed E-state index contributed by atoms with van der Waals surface area (Å²) in [4.78, 5) is 39.3. The van der Waals surface area contributed by atoms with Gasteiger partial charge in [-0.25, -0.2) is 4.79 Å². The zero-order valence-electron chi connectivity index (χ0n) is 19.9. The molecule has 34 heavy (non-hydrogen) atoms. The summed E-state index contributed by atoms with van der Waals surface area (Å²) in [5.74, 6) is 1.58. The number of carbonyl (C=O) groups excluding carboxylic acids is 3. The third-order valence-corrected chi connectivity index (χ3v) is 8.31. The van der Waals surface area contributed by atoms with Crippen molar-refractivity contribution in [1.29, 1.82) is 0 Å². The Hall–Kier alpha value is -2.77. The van der Waals surface area contributed by atoms with Crippen molar-refractivity contribution in [2.45, 2.75) is 69.7 Å². The Morgan fingerprint density at radius 2 is 1.62 bits per heavy atom. The number of nitrogens with zero attached hydrogens (tertiary/aromatic N) is 1. The van der Waals surface area contributed by atoms with Gasteiger partial charge in [0.2, 0.25) is 11.8 Å². The number of anilines is 2. The van der Waals surface area contributed by atoms with Gasteiger partial charge < -0.3 is 26.6 Å². The minimum Gasteiger partial charge on any atom is -0.370 e. The predicted octanol–water partition coefficient (Wildman–Crippen LogP) is 3.37. The van der Waals surface area contributed by atoms with Crippen LogP contribution in [0.1, 0.15) is 74.6 Å². The van der Waals surface area contributed by atoms with Crippen molar-refractivity contribution in [1.82, 2.24) is 10.6 Å². The maximum absolute atomic E-state index is 12.7. The van der Waals surface area contributed by atoms with Gasteiger partial charge in [0, 0.05) is 37.2 Å². The van der Waals surface area contributed by atoms with Crippen LogP contribution in [0.25, 0.3) is 0 Å². The Morgan fingerprint density at radius 3 is 2.24 bits per heavy atom. The Morgan fingerprint density at radius 1 is 0.971 bits per heavy atom. The lowest BCUT2D eigenvalue weighted by atomic mass is 9.53. The van der Waals surface area contributed by atoms with E-state index in [1.54, 1.807) is 12.1 Å². The van der Waals surface area contributed by atoms with Crippen molar-refractivity contribution in [3.63, 3.8) is 0 Å². The van der Waals surface area contributed by atoms with Gasteiger partial charge in [-0.3, -0.25) is 9.59 Å². The molecule has 1 aliphatic heterocycles. The lowest BCUT2D eigenvalue weighted by Gasteiger charge is -2.56. The highest BCUT2D eigenvalue weighted by molar-refractivity contribution is 5.99. The molecule has 0 aromatic heterocycles. The van der Waals surface area contributed by atoms with Crippen LogP contribution in [0.2, 0.25) is 0 Å². The molecule has 184 valence electrons. The first-order valence-electron chi connectivity index (χ1n) is 12.9. The molecule has 0 spiro atoms. The zero-order chi connectivity index (χ0) is 23.7. The molecule has 0 unspecified atom stereocenters. The van der Waals surface area contributed by atoms with Crippen LogP contribution >= 0.6 is 0 Å². The first kappa shape index (κ1) is 23.0. The highest BCUT2D eigenvalue weighted by Gasteiger charge is 2.51. The molecule has 1 saturated heterocycles. The van der Waals surface area contributed by atoms with E-state index >= 15 is 0 Å². The molecule has 8 heteroatoms. The average Bonchev–Trinajstić information content (AvgIpc) is 2.78. The van der Waals surface area contributed by atoms with E-state index in [4.69, 9.17) is 5.73 Å². The Kier molecular flexibility index (Phi) is 6.40. The Labute approximate surface area is 201 Å². The number of hydrogen-bond donors (Lipinski definition) is 4. The van der Waals surface area contributed by atoms with Crippen LogP contribution < -0.4 is 26.6 Å². The first-order valence-corrected chi connectivity index (χ1v) is 12.9. The number of hydrogen-bond acceptors (Lipinski definition) is 4. The SMILES string of the molecule is NC(=O)c1ccc(N2CCCCC2)c(NC(=O)CCNC(=O)NC23CC4CC(CC(C4)C2)C3)c1. The van der Waals surface area contributed by atoms with Gasteiger partial charge in [0.15, 0.2) is 0 Å². The molecule has 5 fully saturated rings. The molecule has 4 amide bonds. The summed E-state index contributed by atoms with van der Waals surface area (Å²) in [5, 5.41) is 9.11. The fraction of sp³-hybridized carbons (Fsp3) is 0.654. The number of primary amides is 1. The topological polar surface area (TPSA) is 117 Å². The highest BCUT2D eigenvalue weighted by atomic mass is 16.2. The molecular weight excluding hydrogens is 430 g/mol. The smallest absolute Gasteiger partial charge is 0.315 e.